The zero-order chi connectivity index (χ0) is 11.8. The van der Waals surface area contributed by atoms with Crippen molar-refractivity contribution >= 4 is 11.3 Å². The summed E-state index contributed by atoms with van der Waals surface area (Å²) in [6, 6.07) is 4.65. The first kappa shape index (κ1) is 13.7. The van der Waals surface area contributed by atoms with Crippen molar-refractivity contribution in [3.8, 4) is 0 Å². The smallest absolute Gasteiger partial charge is 0.00898 e. The molecule has 16 heavy (non-hydrogen) atoms. The molecule has 1 nitrogen and oxygen atoms in total. The van der Waals surface area contributed by atoms with Gasteiger partial charge in [-0.15, -0.1) is 11.3 Å². The molecule has 0 saturated carbocycles. The summed E-state index contributed by atoms with van der Waals surface area (Å²) in [4.78, 5) is 1.43. The van der Waals surface area contributed by atoms with E-state index >= 15 is 0 Å². The molecule has 0 aliphatic heterocycles. The van der Waals surface area contributed by atoms with Crippen molar-refractivity contribution in [2.24, 2.45) is 11.7 Å². The van der Waals surface area contributed by atoms with Crippen LogP contribution in [0.2, 0.25) is 0 Å². The third-order valence-corrected chi connectivity index (χ3v) is 4.12. The van der Waals surface area contributed by atoms with Gasteiger partial charge in [-0.2, -0.15) is 0 Å². The molecule has 1 aromatic rings. The van der Waals surface area contributed by atoms with Crippen LogP contribution in [0.5, 0.6) is 0 Å². The molecule has 2 unspecified atom stereocenters. The molecule has 0 radical (unpaired) electrons. The fourth-order valence-corrected chi connectivity index (χ4v) is 2.98. The minimum atomic E-state index is 0.348. The summed E-state index contributed by atoms with van der Waals surface area (Å²) in [7, 11) is 0. The lowest BCUT2D eigenvalue weighted by molar-refractivity contribution is 0.384. The average molecular weight is 239 g/mol. The summed E-state index contributed by atoms with van der Waals surface area (Å²) in [6.45, 7) is 4.55. The third kappa shape index (κ3) is 5.13. The van der Waals surface area contributed by atoms with E-state index in [0.717, 1.165) is 12.3 Å². The van der Waals surface area contributed by atoms with Gasteiger partial charge in [0.25, 0.3) is 0 Å². The molecule has 1 rings (SSSR count). The van der Waals surface area contributed by atoms with Crippen LogP contribution in [0, 0.1) is 5.92 Å². The molecule has 1 aromatic heterocycles. The van der Waals surface area contributed by atoms with Crippen LogP contribution in [0.3, 0.4) is 0 Å². The van der Waals surface area contributed by atoms with Crippen LogP contribution in [-0.2, 0) is 6.42 Å². The Labute approximate surface area is 104 Å². The van der Waals surface area contributed by atoms with E-state index in [2.05, 4.69) is 31.4 Å². The summed E-state index contributed by atoms with van der Waals surface area (Å²) in [5.74, 6) is 0.829. The van der Waals surface area contributed by atoms with Crippen molar-refractivity contribution in [1.29, 1.82) is 0 Å². The SMILES string of the molecule is CCCCC(CC)CC(N)Cc1cccs1. The van der Waals surface area contributed by atoms with E-state index in [0.29, 0.717) is 6.04 Å². The van der Waals surface area contributed by atoms with Crippen molar-refractivity contribution in [2.75, 3.05) is 0 Å². The van der Waals surface area contributed by atoms with Crippen molar-refractivity contribution in [1.82, 2.24) is 0 Å². The first-order chi connectivity index (χ1) is 7.76. The Hall–Kier alpha value is -0.340. The van der Waals surface area contributed by atoms with Crippen LogP contribution in [0.1, 0.15) is 50.8 Å². The van der Waals surface area contributed by atoms with E-state index < -0.39 is 0 Å². The Morgan fingerprint density at radius 3 is 2.75 bits per heavy atom. The van der Waals surface area contributed by atoms with Gasteiger partial charge in [-0.05, 0) is 30.2 Å². The lowest BCUT2D eigenvalue weighted by Gasteiger charge is -2.19. The number of rotatable bonds is 8. The molecule has 0 saturated heterocycles. The molecule has 0 aliphatic rings. The molecular formula is C14H25NS. The number of nitrogens with two attached hydrogens (primary N) is 1. The Bertz CT molecular complexity index is 256. The molecule has 0 aromatic carbocycles. The predicted molar refractivity (Wildman–Crippen MR) is 73.9 cm³/mol. The molecule has 2 heteroatoms. The maximum Gasteiger partial charge on any atom is 0.00898 e. The van der Waals surface area contributed by atoms with E-state index in [1.54, 1.807) is 0 Å². The second-order valence-electron chi connectivity index (χ2n) is 4.70. The van der Waals surface area contributed by atoms with Crippen molar-refractivity contribution in [3.05, 3.63) is 22.4 Å². The summed E-state index contributed by atoms with van der Waals surface area (Å²) in [5.41, 5.74) is 6.22. The molecule has 0 amide bonds. The highest BCUT2D eigenvalue weighted by molar-refractivity contribution is 7.09. The Kier molecular flexibility index (Phi) is 6.74. The van der Waals surface area contributed by atoms with Gasteiger partial charge in [0, 0.05) is 10.9 Å². The van der Waals surface area contributed by atoms with E-state index in [4.69, 9.17) is 5.73 Å². The van der Waals surface area contributed by atoms with Crippen molar-refractivity contribution in [3.63, 3.8) is 0 Å². The van der Waals surface area contributed by atoms with Gasteiger partial charge in [-0.25, -0.2) is 0 Å². The third-order valence-electron chi connectivity index (χ3n) is 3.22. The van der Waals surface area contributed by atoms with Crippen LogP contribution in [0.15, 0.2) is 17.5 Å². The Balaban J connectivity index is 2.28. The van der Waals surface area contributed by atoms with Gasteiger partial charge in [-0.1, -0.05) is 45.6 Å². The molecular weight excluding hydrogens is 214 g/mol. The minimum absolute atomic E-state index is 0.348. The fraction of sp³-hybridized carbons (Fsp3) is 0.714. The summed E-state index contributed by atoms with van der Waals surface area (Å²) < 4.78 is 0. The van der Waals surface area contributed by atoms with E-state index in [-0.39, 0.29) is 0 Å². The highest BCUT2D eigenvalue weighted by atomic mass is 32.1. The minimum Gasteiger partial charge on any atom is -0.327 e. The number of thiophene rings is 1. The van der Waals surface area contributed by atoms with Crippen LogP contribution < -0.4 is 5.73 Å². The molecule has 2 atom stereocenters. The second-order valence-corrected chi connectivity index (χ2v) is 5.73. The predicted octanol–water partition coefficient (Wildman–Crippen LogP) is 4.22. The lowest BCUT2D eigenvalue weighted by Crippen LogP contribution is -2.25. The lowest BCUT2D eigenvalue weighted by atomic mass is 9.91. The highest BCUT2D eigenvalue weighted by Crippen LogP contribution is 2.20. The molecule has 2 N–H and O–H groups in total. The first-order valence-electron chi connectivity index (χ1n) is 6.54. The summed E-state index contributed by atoms with van der Waals surface area (Å²) >= 11 is 1.82. The van der Waals surface area contributed by atoms with Crippen LogP contribution >= 0.6 is 11.3 Å². The number of hydrogen-bond acceptors (Lipinski definition) is 2. The Morgan fingerprint density at radius 2 is 2.19 bits per heavy atom. The Morgan fingerprint density at radius 1 is 1.38 bits per heavy atom. The second kappa shape index (κ2) is 7.86. The normalized spacial score (nSPS) is 14.9. The molecule has 0 bridgehead atoms. The van der Waals surface area contributed by atoms with Gasteiger partial charge >= 0.3 is 0 Å². The van der Waals surface area contributed by atoms with Gasteiger partial charge < -0.3 is 5.73 Å². The van der Waals surface area contributed by atoms with E-state index in [1.165, 1.54) is 37.0 Å². The quantitative estimate of drug-likeness (QED) is 0.722. The van der Waals surface area contributed by atoms with Crippen LogP contribution in [-0.4, -0.2) is 6.04 Å². The van der Waals surface area contributed by atoms with Gasteiger partial charge in [0.05, 0.1) is 0 Å². The zero-order valence-electron chi connectivity index (χ0n) is 10.6. The van der Waals surface area contributed by atoms with Gasteiger partial charge in [0.2, 0.25) is 0 Å². The molecule has 0 aliphatic carbocycles. The summed E-state index contributed by atoms with van der Waals surface area (Å²) in [6.07, 6.45) is 7.53. The molecule has 92 valence electrons. The standard InChI is InChI=1S/C14H25NS/c1-3-5-7-12(4-2)10-13(15)11-14-8-6-9-16-14/h6,8-9,12-13H,3-5,7,10-11,15H2,1-2H3. The number of hydrogen-bond donors (Lipinski definition) is 1. The highest BCUT2D eigenvalue weighted by Gasteiger charge is 2.12. The van der Waals surface area contributed by atoms with Crippen LogP contribution in [0.4, 0.5) is 0 Å². The number of unbranched alkanes of at least 4 members (excludes halogenated alkanes) is 1. The van der Waals surface area contributed by atoms with Crippen LogP contribution in [0.25, 0.3) is 0 Å². The molecule has 0 spiro atoms. The monoisotopic (exact) mass is 239 g/mol. The molecule has 0 fully saturated rings. The largest absolute Gasteiger partial charge is 0.327 e. The van der Waals surface area contributed by atoms with Gasteiger partial charge in [0.1, 0.15) is 0 Å². The molecule has 1 heterocycles. The summed E-state index contributed by atoms with van der Waals surface area (Å²) in [5, 5.41) is 2.14. The fourth-order valence-electron chi connectivity index (χ4n) is 2.18. The topological polar surface area (TPSA) is 26.0 Å². The average Bonchev–Trinajstić information content (AvgIpc) is 2.76. The first-order valence-corrected chi connectivity index (χ1v) is 7.42. The van der Waals surface area contributed by atoms with Gasteiger partial charge in [-0.3, -0.25) is 0 Å². The van der Waals surface area contributed by atoms with Crippen molar-refractivity contribution < 1.29 is 0 Å². The maximum absolute atomic E-state index is 6.22. The van der Waals surface area contributed by atoms with Gasteiger partial charge in [0.15, 0.2) is 0 Å². The zero-order valence-corrected chi connectivity index (χ0v) is 11.4. The maximum atomic E-state index is 6.22. The van der Waals surface area contributed by atoms with E-state index in [1.807, 2.05) is 11.3 Å². The van der Waals surface area contributed by atoms with Crippen molar-refractivity contribution in [2.45, 2.75) is 58.4 Å². The van der Waals surface area contributed by atoms with E-state index in [9.17, 15) is 0 Å².